The lowest BCUT2D eigenvalue weighted by Gasteiger charge is -2.21. The maximum atomic E-state index is 12.7. The van der Waals surface area contributed by atoms with E-state index in [0.717, 1.165) is 29.5 Å². The number of hydrogen-bond donors (Lipinski definition) is 2. The molecular formula is C22H21F3N2O3. The van der Waals surface area contributed by atoms with Crippen LogP contribution in [0.25, 0.3) is 10.9 Å². The minimum atomic E-state index is -4.36. The summed E-state index contributed by atoms with van der Waals surface area (Å²) >= 11 is 0. The average Bonchev–Trinajstić information content (AvgIpc) is 3.33. The maximum Gasteiger partial charge on any atom is 0.416 e. The first-order valence-corrected chi connectivity index (χ1v) is 9.60. The number of rotatable bonds is 5. The molecule has 2 aromatic carbocycles. The van der Waals surface area contributed by atoms with E-state index < -0.39 is 17.3 Å². The van der Waals surface area contributed by atoms with Gasteiger partial charge in [-0.1, -0.05) is 12.1 Å². The number of halogens is 3. The standard InChI is InChI=1S/C22H21F3N2O3/c1-21(9-2-10-30-21)20(28)27-19-12-26-18-8-7-16(11-17(18)19)29-13-14-3-5-15(6-4-14)22(23,24)25/h3-8,11-12,26H,2,9-10,13H2,1H3,(H,27,28). The molecule has 8 heteroatoms. The van der Waals surface area contributed by atoms with Gasteiger partial charge < -0.3 is 19.8 Å². The van der Waals surface area contributed by atoms with E-state index in [0.29, 0.717) is 30.0 Å². The molecule has 1 aliphatic heterocycles. The number of alkyl halides is 3. The van der Waals surface area contributed by atoms with E-state index >= 15 is 0 Å². The summed E-state index contributed by atoms with van der Waals surface area (Å²) in [7, 11) is 0. The molecule has 1 atom stereocenters. The molecule has 5 nitrogen and oxygen atoms in total. The maximum absolute atomic E-state index is 12.7. The van der Waals surface area contributed by atoms with Gasteiger partial charge in [0, 0.05) is 23.7 Å². The van der Waals surface area contributed by atoms with Crippen molar-refractivity contribution in [1.82, 2.24) is 4.98 Å². The molecule has 4 rings (SSSR count). The monoisotopic (exact) mass is 418 g/mol. The summed E-state index contributed by atoms with van der Waals surface area (Å²) in [6.45, 7) is 2.48. The Kier molecular flexibility index (Phi) is 5.19. The van der Waals surface area contributed by atoms with Gasteiger partial charge in [0.15, 0.2) is 0 Å². The summed E-state index contributed by atoms with van der Waals surface area (Å²) < 4.78 is 49.3. The van der Waals surface area contributed by atoms with Crippen molar-refractivity contribution in [3.63, 3.8) is 0 Å². The van der Waals surface area contributed by atoms with Gasteiger partial charge in [-0.25, -0.2) is 0 Å². The lowest BCUT2D eigenvalue weighted by Crippen LogP contribution is -2.39. The molecule has 158 valence electrons. The number of carbonyl (C=O) groups excluding carboxylic acids is 1. The van der Waals surface area contributed by atoms with Gasteiger partial charge in [-0.15, -0.1) is 0 Å². The summed E-state index contributed by atoms with van der Waals surface area (Å²) in [5.74, 6) is 0.345. The Hall–Kier alpha value is -3.00. The Balaban J connectivity index is 1.46. The van der Waals surface area contributed by atoms with Crippen LogP contribution in [-0.2, 0) is 22.3 Å². The Morgan fingerprint density at radius 3 is 2.67 bits per heavy atom. The fourth-order valence-electron chi connectivity index (χ4n) is 3.46. The number of hydrogen-bond acceptors (Lipinski definition) is 3. The molecule has 1 amide bonds. The molecule has 2 heterocycles. The largest absolute Gasteiger partial charge is 0.489 e. The van der Waals surface area contributed by atoms with Crippen LogP contribution in [0.1, 0.15) is 30.9 Å². The average molecular weight is 418 g/mol. The number of anilines is 1. The van der Waals surface area contributed by atoms with Gasteiger partial charge in [-0.2, -0.15) is 13.2 Å². The molecule has 0 bridgehead atoms. The van der Waals surface area contributed by atoms with Gasteiger partial charge in [0.25, 0.3) is 5.91 Å². The summed E-state index contributed by atoms with van der Waals surface area (Å²) in [4.78, 5) is 15.7. The third-order valence-corrected chi connectivity index (χ3v) is 5.29. The summed E-state index contributed by atoms with van der Waals surface area (Å²) in [5.41, 5.74) is 0.536. The van der Waals surface area contributed by atoms with E-state index in [1.54, 1.807) is 25.3 Å². The zero-order valence-electron chi connectivity index (χ0n) is 16.3. The fraction of sp³-hybridized carbons (Fsp3) is 0.318. The van der Waals surface area contributed by atoms with Crippen LogP contribution < -0.4 is 10.1 Å². The fourth-order valence-corrected chi connectivity index (χ4v) is 3.46. The van der Waals surface area contributed by atoms with Crippen LogP contribution in [0.5, 0.6) is 5.75 Å². The van der Waals surface area contributed by atoms with Gasteiger partial charge in [-0.3, -0.25) is 4.79 Å². The van der Waals surface area contributed by atoms with Crippen LogP contribution in [-0.4, -0.2) is 23.1 Å². The smallest absolute Gasteiger partial charge is 0.416 e. The number of nitrogens with one attached hydrogen (secondary N) is 2. The van der Waals surface area contributed by atoms with Crippen molar-refractivity contribution < 1.29 is 27.4 Å². The van der Waals surface area contributed by atoms with Crippen LogP contribution >= 0.6 is 0 Å². The summed E-state index contributed by atoms with van der Waals surface area (Å²) in [5, 5.41) is 3.68. The minimum absolute atomic E-state index is 0.127. The third kappa shape index (κ3) is 4.14. The van der Waals surface area contributed by atoms with E-state index in [4.69, 9.17) is 9.47 Å². The number of aromatic nitrogens is 1. The molecule has 1 aromatic heterocycles. The number of ether oxygens (including phenoxy) is 2. The molecule has 1 aliphatic rings. The lowest BCUT2D eigenvalue weighted by atomic mass is 10.0. The molecular weight excluding hydrogens is 397 g/mol. The first kappa shape index (κ1) is 20.3. The van der Waals surface area contributed by atoms with E-state index in [-0.39, 0.29) is 12.5 Å². The Morgan fingerprint density at radius 1 is 1.23 bits per heavy atom. The molecule has 0 radical (unpaired) electrons. The number of amides is 1. The van der Waals surface area contributed by atoms with Gasteiger partial charge in [0.05, 0.1) is 11.3 Å². The highest BCUT2D eigenvalue weighted by Gasteiger charge is 2.38. The van der Waals surface area contributed by atoms with E-state index in [1.807, 2.05) is 6.07 Å². The van der Waals surface area contributed by atoms with E-state index in [2.05, 4.69) is 10.3 Å². The zero-order valence-corrected chi connectivity index (χ0v) is 16.3. The van der Waals surface area contributed by atoms with Gasteiger partial charge in [0.1, 0.15) is 18.0 Å². The summed E-state index contributed by atoms with van der Waals surface area (Å²) in [6, 6.07) is 10.2. The molecule has 1 fully saturated rings. The minimum Gasteiger partial charge on any atom is -0.489 e. The van der Waals surface area contributed by atoms with Crippen molar-refractivity contribution in [2.75, 3.05) is 11.9 Å². The Bertz CT molecular complexity index is 1050. The van der Waals surface area contributed by atoms with Crippen molar-refractivity contribution in [1.29, 1.82) is 0 Å². The first-order valence-electron chi connectivity index (χ1n) is 9.60. The van der Waals surface area contributed by atoms with Crippen molar-refractivity contribution in [2.45, 2.75) is 38.1 Å². The molecule has 3 aromatic rings. The Labute approximate surface area is 171 Å². The predicted octanol–water partition coefficient (Wildman–Crippen LogP) is 5.27. The number of aromatic amines is 1. The van der Waals surface area contributed by atoms with Crippen LogP contribution in [0.4, 0.5) is 18.9 Å². The SMILES string of the molecule is CC1(C(=O)Nc2c[nH]c3ccc(OCc4ccc(C(F)(F)F)cc4)cc23)CCCO1. The van der Waals surface area contributed by atoms with Crippen LogP contribution in [0.15, 0.2) is 48.7 Å². The van der Waals surface area contributed by atoms with Gasteiger partial charge in [0.2, 0.25) is 0 Å². The molecule has 30 heavy (non-hydrogen) atoms. The first-order chi connectivity index (χ1) is 14.2. The molecule has 1 unspecified atom stereocenters. The number of carbonyl (C=O) groups is 1. The molecule has 1 saturated heterocycles. The second-order valence-electron chi connectivity index (χ2n) is 7.53. The van der Waals surface area contributed by atoms with Crippen molar-refractivity contribution in [3.8, 4) is 5.75 Å². The van der Waals surface area contributed by atoms with Gasteiger partial charge >= 0.3 is 6.18 Å². The summed E-state index contributed by atoms with van der Waals surface area (Å²) in [6.07, 6.45) is -1.14. The molecule has 0 saturated carbocycles. The highest BCUT2D eigenvalue weighted by molar-refractivity contribution is 6.04. The highest BCUT2D eigenvalue weighted by atomic mass is 19.4. The molecule has 0 spiro atoms. The van der Waals surface area contributed by atoms with E-state index in [9.17, 15) is 18.0 Å². The normalized spacial score (nSPS) is 19.2. The van der Waals surface area contributed by atoms with Crippen molar-refractivity contribution in [2.24, 2.45) is 0 Å². The number of benzene rings is 2. The van der Waals surface area contributed by atoms with Gasteiger partial charge in [-0.05, 0) is 55.7 Å². The zero-order chi connectivity index (χ0) is 21.4. The third-order valence-electron chi connectivity index (χ3n) is 5.29. The second kappa shape index (κ2) is 7.68. The Morgan fingerprint density at radius 2 is 2.00 bits per heavy atom. The van der Waals surface area contributed by atoms with Crippen LogP contribution in [0.3, 0.4) is 0 Å². The molecule has 2 N–H and O–H groups in total. The quantitative estimate of drug-likeness (QED) is 0.593. The highest BCUT2D eigenvalue weighted by Crippen LogP contribution is 2.32. The van der Waals surface area contributed by atoms with E-state index in [1.165, 1.54) is 12.1 Å². The lowest BCUT2D eigenvalue weighted by molar-refractivity contribution is -0.137. The number of H-pyrrole nitrogens is 1. The number of fused-ring (bicyclic) bond motifs is 1. The topological polar surface area (TPSA) is 63.4 Å². The predicted molar refractivity (Wildman–Crippen MR) is 106 cm³/mol. The van der Waals surface area contributed by atoms with Crippen molar-refractivity contribution >= 4 is 22.5 Å². The van der Waals surface area contributed by atoms with Crippen LogP contribution in [0.2, 0.25) is 0 Å². The second-order valence-corrected chi connectivity index (χ2v) is 7.53. The molecule has 0 aliphatic carbocycles. The van der Waals surface area contributed by atoms with Crippen molar-refractivity contribution in [3.05, 3.63) is 59.8 Å². The van der Waals surface area contributed by atoms with Crippen LogP contribution in [0, 0.1) is 0 Å².